The first kappa shape index (κ1) is 9.83. The summed E-state index contributed by atoms with van der Waals surface area (Å²) < 4.78 is 0. The molecule has 0 saturated heterocycles. The van der Waals surface area contributed by atoms with Gasteiger partial charge in [-0.2, -0.15) is 5.26 Å². The number of aryl methyl sites for hydroxylation is 1. The first-order valence-corrected chi connectivity index (χ1v) is 4.37. The van der Waals surface area contributed by atoms with Crippen LogP contribution in [-0.2, 0) is 0 Å². The van der Waals surface area contributed by atoms with Crippen molar-refractivity contribution < 1.29 is 0 Å². The Morgan fingerprint density at radius 3 is 2.54 bits per heavy atom. The zero-order valence-corrected chi connectivity index (χ0v) is 8.39. The minimum absolute atomic E-state index is 0.542. The summed E-state index contributed by atoms with van der Waals surface area (Å²) in [6, 6.07) is 9.79. The highest BCUT2D eigenvalue weighted by molar-refractivity contribution is 6.49. The third-order valence-corrected chi connectivity index (χ3v) is 2.37. The van der Waals surface area contributed by atoms with E-state index in [0.717, 1.165) is 11.1 Å². The van der Waals surface area contributed by atoms with Crippen LogP contribution in [0.3, 0.4) is 0 Å². The van der Waals surface area contributed by atoms with Crippen molar-refractivity contribution >= 4 is 16.6 Å². The zero-order valence-electron chi connectivity index (χ0n) is 7.63. The minimum Gasteiger partial charge on any atom is -0.193 e. The van der Waals surface area contributed by atoms with E-state index < -0.39 is 0 Å². The molecule has 1 aromatic carbocycles. The second kappa shape index (κ2) is 4.11. The number of allylic oxidation sites excluding steroid dienone is 1. The van der Waals surface area contributed by atoms with E-state index in [-0.39, 0.29) is 0 Å². The van der Waals surface area contributed by atoms with Gasteiger partial charge in [-0.1, -0.05) is 35.9 Å². The first-order chi connectivity index (χ1) is 6.16. The molecule has 0 aliphatic carbocycles. The number of benzene rings is 1. The lowest BCUT2D eigenvalue weighted by atomic mass is 10.1. The van der Waals surface area contributed by atoms with Gasteiger partial charge in [0.25, 0.3) is 0 Å². The fourth-order valence-electron chi connectivity index (χ4n) is 1.07. The molecule has 0 aliphatic rings. The number of nitrogens with zero attached hydrogens (tertiary/aromatic N) is 1. The first-order valence-electron chi connectivity index (χ1n) is 3.99. The van der Waals surface area contributed by atoms with Crippen molar-refractivity contribution in [3.63, 3.8) is 0 Å². The lowest BCUT2D eigenvalue weighted by Gasteiger charge is -2.03. The van der Waals surface area contributed by atoms with Crippen LogP contribution >= 0.6 is 11.6 Å². The topological polar surface area (TPSA) is 23.8 Å². The molecule has 2 heteroatoms. The summed E-state index contributed by atoms with van der Waals surface area (Å²) in [5, 5.41) is 9.21. The van der Waals surface area contributed by atoms with E-state index in [1.807, 2.05) is 37.3 Å². The van der Waals surface area contributed by atoms with Crippen LogP contribution in [0.1, 0.15) is 18.1 Å². The van der Waals surface area contributed by atoms with Crippen LogP contribution in [0.4, 0.5) is 0 Å². The molecule has 0 aliphatic heterocycles. The Labute approximate surface area is 83.3 Å². The molecule has 0 N–H and O–H groups in total. The molecule has 1 nitrogen and oxygen atoms in total. The Kier molecular flexibility index (Phi) is 3.11. The lowest BCUT2D eigenvalue weighted by Crippen LogP contribution is -1.85. The van der Waals surface area contributed by atoms with E-state index in [2.05, 4.69) is 0 Å². The predicted octanol–water partition coefficient (Wildman–Crippen LogP) is 3.49. The predicted molar refractivity (Wildman–Crippen MR) is 55.2 cm³/mol. The third kappa shape index (κ3) is 2.11. The summed E-state index contributed by atoms with van der Waals surface area (Å²) in [4.78, 5) is 0. The summed E-state index contributed by atoms with van der Waals surface area (Å²) in [7, 11) is 0. The van der Waals surface area contributed by atoms with Gasteiger partial charge in [0.1, 0.15) is 0 Å². The molecule has 0 fully saturated rings. The van der Waals surface area contributed by atoms with E-state index >= 15 is 0 Å². The number of halogens is 1. The Bertz CT molecular complexity index is 385. The maximum Gasteiger partial charge on any atom is 0.0959 e. The monoisotopic (exact) mass is 191 g/mol. The Hall–Kier alpha value is -1.26. The smallest absolute Gasteiger partial charge is 0.0959 e. The van der Waals surface area contributed by atoms with Gasteiger partial charge in [0.2, 0.25) is 0 Å². The molecule has 0 saturated carbocycles. The summed E-state index contributed by atoms with van der Waals surface area (Å²) in [5.41, 5.74) is 2.57. The Morgan fingerprint density at radius 1 is 1.38 bits per heavy atom. The largest absolute Gasteiger partial charge is 0.193 e. The lowest BCUT2D eigenvalue weighted by molar-refractivity contribution is 1.41. The van der Waals surface area contributed by atoms with Crippen LogP contribution in [-0.4, -0.2) is 0 Å². The molecular formula is C11H10ClN. The Balaban J connectivity index is 3.26. The maximum absolute atomic E-state index is 8.67. The average molecular weight is 192 g/mol. The van der Waals surface area contributed by atoms with E-state index in [9.17, 15) is 0 Å². The molecule has 0 spiro atoms. The van der Waals surface area contributed by atoms with Crippen molar-refractivity contribution in [2.24, 2.45) is 0 Å². The molecule has 0 atom stereocenters. The highest BCUT2D eigenvalue weighted by Crippen LogP contribution is 2.25. The summed E-state index contributed by atoms with van der Waals surface area (Å²) >= 11 is 6.02. The second-order valence-electron chi connectivity index (χ2n) is 2.87. The molecule has 13 heavy (non-hydrogen) atoms. The average Bonchev–Trinajstić information content (AvgIpc) is 2.16. The number of hydrogen-bond donors (Lipinski definition) is 0. The van der Waals surface area contributed by atoms with E-state index in [4.69, 9.17) is 16.9 Å². The number of rotatable bonds is 1. The summed E-state index contributed by atoms with van der Waals surface area (Å²) in [6.45, 7) is 3.69. The van der Waals surface area contributed by atoms with Gasteiger partial charge in [-0.25, -0.2) is 0 Å². The fourth-order valence-corrected chi connectivity index (χ4v) is 1.32. The zero-order chi connectivity index (χ0) is 9.84. The van der Waals surface area contributed by atoms with Gasteiger partial charge in [0, 0.05) is 5.57 Å². The number of hydrogen-bond acceptors (Lipinski definition) is 1. The van der Waals surface area contributed by atoms with Crippen molar-refractivity contribution in [2.75, 3.05) is 0 Å². The standard InChI is InChI=1S/C11H10ClN/c1-8-5-3-4-6-10(8)11(12)9(2)7-13/h3-6H,1-2H3. The van der Waals surface area contributed by atoms with Gasteiger partial charge in [0.15, 0.2) is 0 Å². The molecule has 0 unspecified atom stereocenters. The van der Waals surface area contributed by atoms with Crippen LogP contribution in [0.2, 0.25) is 0 Å². The molecule has 0 amide bonds. The molecule has 1 aromatic rings. The van der Waals surface area contributed by atoms with Gasteiger partial charge in [-0.15, -0.1) is 0 Å². The van der Waals surface area contributed by atoms with Gasteiger partial charge in [0.05, 0.1) is 11.1 Å². The fraction of sp³-hybridized carbons (Fsp3) is 0.182. The molecule has 0 bridgehead atoms. The van der Waals surface area contributed by atoms with Gasteiger partial charge in [-0.3, -0.25) is 0 Å². The molecule has 0 radical (unpaired) electrons. The van der Waals surface area contributed by atoms with Gasteiger partial charge in [-0.05, 0) is 25.0 Å². The molecule has 0 heterocycles. The van der Waals surface area contributed by atoms with Crippen LogP contribution in [0, 0.1) is 18.3 Å². The maximum atomic E-state index is 8.67. The Morgan fingerprint density at radius 2 is 2.00 bits per heavy atom. The normalized spacial score (nSPS) is 11.8. The quantitative estimate of drug-likeness (QED) is 0.624. The van der Waals surface area contributed by atoms with Crippen LogP contribution in [0.25, 0.3) is 5.03 Å². The van der Waals surface area contributed by atoms with E-state index in [1.165, 1.54) is 0 Å². The molecule has 1 rings (SSSR count). The van der Waals surface area contributed by atoms with Crippen molar-refractivity contribution in [1.82, 2.24) is 0 Å². The minimum atomic E-state index is 0.542. The van der Waals surface area contributed by atoms with Crippen molar-refractivity contribution in [3.8, 4) is 6.07 Å². The van der Waals surface area contributed by atoms with Crippen molar-refractivity contribution in [2.45, 2.75) is 13.8 Å². The van der Waals surface area contributed by atoms with Crippen LogP contribution < -0.4 is 0 Å². The summed E-state index contributed by atoms with van der Waals surface area (Å²) in [6.07, 6.45) is 0. The van der Waals surface area contributed by atoms with Gasteiger partial charge < -0.3 is 0 Å². The van der Waals surface area contributed by atoms with Crippen molar-refractivity contribution in [3.05, 3.63) is 41.0 Å². The van der Waals surface area contributed by atoms with Crippen LogP contribution in [0.15, 0.2) is 29.8 Å². The van der Waals surface area contributed by atoms with E-state index in [1.54, 1.807) is 6.92 Å². The second-order valence-corrected chi connectivity index (χ2v) is 3.24. The molecule has 0 aromatic heterocycles. The van der Waals surface area contributed by atoms with Crippen molar-refractivity contribution in [1.29, 1.82) is 5.26 Å². The highest BCUT2D eigenvalue weighted by Gasteiger charge is 2.04. The third-order valence-electron chi connectivity index (χ3n) is 1.88. The highest BCUT2D eigenvalue weighted by atomic mass is 35.5. The van der Waals surface area contributed by atoms with E-state index in [0.29, 0.717) is 10.6 Å². The molecule has 66 valence electrons. The van der Waals surface area contributed by atoms with Gasteiger partial charge >= 0.3 is 0 Å². The number of nitriles is 1. The summed E-state index contributed by atoms with van der Waals surface area (Å²) in [5.74, 6) is 0. The van der Waals surface area contributed by atoms with Crippen LogP contribution in [0.5, 0.6) is 0 Å². The SMILES string of the molecule is CC(C#N)=C(Cl)c1ccccc1C. The molecular weight excluding hydrogens is 182 g/mol.